The minimum Gasteiger partial charge on any atom is -0.390 e. The number of aliphatic hydroxyl groups is 1. The van der Waals surface area contributed by atoms with Gasteiger partial charge >= 0.3 is 0 Å². The Bertz CT molecular complexity index is 1330. The van der Waals surface area contributed by atoms with Gasteiger partial charge in [0.05, 0.1) is 19.3 Å². The zero-order valence-electron chi connectivity index (χ0n) is 18.7. The number of nitrogens with zero attached hydrogens (tertiary/aromatic N) is 4. The van der Waals surface area contributed by atoms with Gasteiger partial charge in [-0.2, -0.15) is 5.10 Å². The van der Waals surface area contributed by atoms with Crippen LogP contribution in [0.4, 0.5) is 23.4 Å². The van der Waals surface area contributed by atoms with E-state index in [2.05, 4.69) is 32.0 Å². The molecule has 0 aliphatic carbocycles. The largest absolute Gasteiger partial charge is 0.390 e. The summed E-state index contributed by atoms with van der Waals surface area (Å²) in [7, 11) is 0. The molecule has 2 saturated heterocycles. The molecule has 8 nitrogen and oxygen atoms in total. The van der Waals surface area contributed by atoms with E-state index < -0.39 is 35.4 Å². The Morgan fingerprint density at radius 1 is 1.17 bits per heavy atom. The van der Waals surface area contributed by atoms with E-state index in [0.717, 1.165) is 12.8 Å². The number of anilines is 1. The molecular formula is C23H22F4N6O2. The van der Waals surface area contributed by atoms with E-state index in [1.54, 1.807) is 0 Å². The topological polar surface area (TPSA) is 113 Å². The van der Waals surface area contributed by atoms with E-state index in [1.807, 2.05) is 11.8 Å². The maximum atomic E-state index is 13.9. The van der Waals surface area contributed by atoms with Crippen LogP contribution in [-0.4, -0.2) is 57.1 Å². The molecule has 0 saturated carbocycles. The average molecular weight is 490 g/mol. The van der Waals surface area contributed by atoms with Crippen molar-refractivity contribution in [2.45, 2.75) is 38.5 Å². The van der Waals surface area contributed by atoms with Crippen molar-refractivity contribution in [3.8, 4) is 11.8 Å². The zero-order chi connectivity index (χ0) is 24.9. The van der Waals surface area contributed by atoms with Gasteiger partial charge in [-0.25, -0.2) is 27.5 Å². The minimum absolute atomic E-state index is 0.000963. The van der Waals surface area contributed by atoms with Crippen molar-refractivity contribution in [3.63, 3.8) is 0 Å². The van der Waals surface area contributed by atoms with Crippen LogP contribution in [0.3, 0.4) is 0 Å². The van der Waals surface area contributed by atoms with Crippen molar-refractivity contribution >= 4 is 17.0 Å². The molecular weight excluding hydrogens is 468 g/mol. The Morgan fingerprint density at radius 3 is 2.46 bits per heavy atom. The first-order valence-corrected chi connectivity index (χ1v) is 11.1. The number of hydrogen-bond acceptors (Lipinski definition) is 7. The Hall–Kier alpha value is -3.27. The number of piperidine rings is 1. The average Bonchev–Trinajstić information content (AvgIpc) is 3.38. The number of aromatic nitrogens is 4. The Labute approximate surface area is 197 Å². The standard InChI is InChI=1S/C23H22F4N6O2/c1-11-20(28)23(10-35-11)4-6-33(7-5-23)22-16(9-34)29-19-15(31-32-21(19)30-22)3-2-12-17(26)13(24)8-14(25)18(12)27/h8,11,20,34H,4-7,9-10,28H2,1H3,(H,30,31,32)/t11-,20+/m0/s1. The summed E-state index contributed by atoms with van der Waals surface area (Å²) in [5.41, 5.74) is 5.85. The fraction of sp³-hybridized carbons (Fsp3) is 0.435. The quantitative estimate of drug-likeness (QED) is 0.287. The molecule has 0 amide bonds. The Morgan fingerprint density at radius 2 is 1.86 bits per heavy atom. The third-order valence-corrected chi connectivity index (χ3v) is 6.92. The van der Waals surface area contributed by atoms with Crippen LogP contribution in [0.15, 0.2) is 6.07 Å². The van der Waals surface area contributed by atoms with Crippen LogP contribution in [0, 0.1) is 40.5 Å². The van der Waals surface area contributed by atoms with Gasteiger partial charge in [0.2, 0.25) is 0 Å². The van der Waals surface area contributed by atoms with Gasteiger partial charge in [0, 0.05) is 30.6 Å². The van der Waals surface area contributed by atoms with Crippen LogP contribution in [-0.2, 0) is 11.3 Å². The third kappa shape index (κ3) is 3.89. The fourth-order valence-electron chi connectivity index (χ4n) is 4.75. The first-order chi connectivity index (χ1) is 16.7. The van der Waals surface area contributed by atoms with E-state index >= 15 is 0 Å². The van der Waals surface area contributed by atoms with E-state index in [0.29, 0.717) is 25.5 Å². The number of nitrogens with one attached hydrogen (secondary N) is 1. The van der Waals surface area contributed by atoms with Crippen LogP contribution in [0.1, 0.15) is 36.7 Å². The molecule has 4 N–H and O–H groups in total. The number of halogens is 4. The van der Waals surface area contributed by atoms with Gasteiger partial charge in [-0.05, 0) is 25.7 Å². The van der Waals surface area contributed by atoms with E-state index in [1.165, 1.54) is 0 Å². The molecule has 4 heterocycles. The van der Waals surface area contributed by atoms with Crippen LogP contribution < -0.4 is 10.6 Å². The third-order valence-electron chi connectivity index (χ3n) is 6.92. The Kier molecular flexibility index (Phi) is 5.86. The molecule has 1 spiro atoms. The smallest absolute Gasteiger partial charge is 0.177 e. The zero-order valence-corrected chi connectivity index (χ0v) is 18.7. The fourth-order valence-corrected chi connectivity index (χ4v) is 4.75. The van der Waals surface area contributed by atoms with Gasteiger partial charge in [-0.1, -0.05) is 5.92 Å². The maximum Gasteiger partial charge on any atom is 0.177 e. The lowest BCUT2D eigenvalue weighted by molar-refractivity contribution is 0.0973. The number of hydrogen-bond donors (Lipinski definition) is 3. The Balaban J connectivity index is 1.45. The summed E-state index contributed by atoms with van der Waals surface area (Å²) in [4.78, 5) is 11.0. The predicted octanol–water partition coefficient (Wildman–Crippen LogP) is 2.13. The van der Waals surface area contributed by atoms with Crippen LogP contribution in [0.2, 0.25) is 0 Å². The highest BCUT2D eigenvalue weighted by atomic mass is 19.2. The molecule has 2 aliphatic rings. The lowest BCUT2D eigenvalue weighted by Crippen LogP contribution is -2.51. The van der Waals surface area contributed by atoms with Crippen molar-refractivity contribution in [3.05, 3.63) is 46.3 Å². The summed E-state index contributed by atoms with van der Waals surface area (Å²) in [6.45, 7) is 3.44. The minimum atomic E-state index is -1.61. The second-order valence-corrected chi connectivity index (χ2v) is 8.91. The van der Waals surface area contributed by atoms with Gasteiger partial charge < -0.3 is 20.5 Å². The SMILES string of the molecule is C[C@@H]1OCC2(CCN(c3nc4[nH]nc(C#Cc5c(F)c(F)cc(F)c5F)c4nc3CO)CC2)[C@@H]1N. The summed E-state index contributed by atoms with van der Waals surface area (Å²) >= 11 is 0. The highest BCUT2D eigenvalue weighted by Gasteiger charge is 2.47. The van der Waals surface area contributed by atoms with Gasteiger partial charge in [0.1, 0.15) is 16.8 Å². The predicted molar refractivity (Wildman–Crippen MR) is 117 cm³/mol. The molecule has 2 fully saturated rings. The maximum absolute atomic E-state index is 13.9. The van der Waals surface area contributed by atoms with E-state index in [9.17, 15) is 22.7 Å². The van der Waals surface area contributed by atoms with Gasteiger partial charge in [0.25, 0.3) is 0 Å². The highest BCUT2D eigenvalue weighted by molar-refractivity contribution is 5.78. The molecule has 1 aromatic carbocycles. The molecule has 35 heavy (non-hydrogen) atoms. The summed E-state index contributed by atoms with van der Waals surface area (Å²) in [6, 6.07) is 0.0574. The van der Waals surface area contributed by atoms with Crippen molar-refractivity contribution in [1.82, 2.24) is 20.2 Å². The molecule has 0 unspecified atom stereocenters. The van der Waals surface area contributed by atoms with Crippen LogP contribution in [0.25, 0.3) is 11.2 Å². The summed E-state index contributed by atoms with van der Waals surface area (Å²) in [6.07, 6.45) is 1.59. The lowest BCUT2D eigenvalue weighted by Gasteiger charge is -2.41. The van der Waals surface area contributed by atoms with Crippen LogP contribution >= 0.6 is 0 Å². The van der Waals surface area contributed by atoms with E-state index in [-0.39, 0.29) is 46.2 Å². The number of benzene rings is 1. The van der Waals surface area contributed by atoms with Gasteiger partial charge in [0.15, 0.2) is 40.4 Å². The molecule has 2 atom stereocenters. The summed E-state index contributed by atoms with van der Waals surface area (Å²) < 4.78 is 60.5. The van der Waals surface area contributed by atoms with Crippen molar-refractivity contribution < 1.29 is 27.4 Å². The normalized spacial score (nSPS) is 21.5. The van der Waals surface area contributed by atoms with E-state index in [4.69, 9.17) is 10.5 Å². The first kappa shape index (κ1) is 23.5. The lowest BCUT2D eigenvalue weighted by atomic mass is 9.73. The molecule has 184 valence electrons. The van der Waals surface area contributed by atoms with Crippen molar-refractivity contribution in [1.29, 1.82) is 0 Å². The second-order valence-electron chi connectivity index (χ2n) is 8.91. The molecule has 2 aromatic heterocycles. The van der Waals surface area contributed by atoms with Crippen molar-refractivity contribution in [2.24, 2.45) is 11.1 Å². The monoisotopic (exact) mass is 490 g/mol. The molecule has 5 rings (SSSR count). The molecule has 3 aromatic rings. The molecule has 0 radical (unpaired) electrons. The number of fused-ring (bicyclic) bond motifs is 1. The number of nitrogens with two attached hydrogens (primary N) is 1. The number of ether oxygens (including phenoxy) is 1. The van der Waals surface area contributed by atoms with Gasteiger partial charge in [-0.15, -0.1) is 0 Å². The highest BCUT2D eigenvalue weighted by Crippen LogP contribution is 2.42. The number of H-pyrrole nitrogens is 1. The first-order valence-electron chi connectivity index (χ1n) is 11.1. The van der Waals surface area contributed by atoms with Crippen LogP contribution in [0.5, 0.6) is 0 Å². The molecule has 2 aliphatic heterocycles. The van der Waals surface area contributed by atoms with Gasteiger partial charge in [-0.3, -0.25) is 5.10 Å². The number of rotatable bonds is 2. The van der Waals surface area contributed by atoms with Crippen molar-refractivity contribution in [2.75, 3.05) is 24.6 Å². The second kappa shape index (κ2) is 8.75. The number of aromatic amines is 1. The summed E-state index contributed by atoms with van der Waals surface area (Å²) in [5.74, 6) is -1.40. The molecule has 12 heteroatoms. The molecule has 0 bridgehead atoms. The number of aliphatic hydroxyl groups excluding tert-OH is 1. The summed E-state index contributed by atoms with van der Waals surface area (Å²) in [5, 5.41) is 16.6.